The molecular formula is C23H25F2N7O. The van der Waals surface area contributed by atoms with Gasteiger partial charge >= 0.3 is 0 Å². The van der Waals surface area contributed by atoms with E-state index in [0.717, 1.165) is 0 Å². The Hall–Kier alpha value is -3.27. The van der Waals surface area contributed by atoms with Gasteiger partial charge < -0.3 is 9.64 Å². The van der Waals surface area contributed by atoms with Crippen molar-refractivity contribution in [3.8, 4) is 0 Å². The van der Waals surface area contributed by atoms with Crippen LogP contribution in [0.2, 0.25) is 0 Å². The number of halogens is 2. The van der Waals surface area contributed by atoms with E-state index in [4.69, 9.17) is 4.74 Å². The zero-order valence-corrected chi connectivity index (χ0v) is 18.7. The van der Waals surface area contributed by atoms with Crippen molar-refractivity contribution in [1.82, 2.24) is 9.97 Å². The molecule has 172 valence electrons. The summed E-state index contributed by atoms with van der Waals surface area (Å²) in [5.74, 6) is -1.39. The molecule has 1 aromatic carbocycles. The number of morpholine rings is 1. The predicted molar refractivity (Wildman–Crippen MR) is 123 cm³/mol. The molecule has 10 heteroatoms. The minimum absolute atomic E-state index is 0.0929. The van der Waals surface area contributed by atoms with Gasteiger partial charge in [0.25, 0.3) is 0 Å². The van der Waals surface area contributed by atoms with Gasteiger partial charge in [-0.3, -0.25) is 20.4 Å². The first kappa shape index (κ1) is 21.6. The summed E-state index contributed by atoms with van der Waals surface area (Å²) in [6.07, 6.45) is 8.44. The topological polar surface area (TPSA) is 87.4 Å². The number of ether oxygens (including phenoxy) is 1. The fourth-order valence-electron chi connectivity index (χ4n) is 5.20. The van der Waals surface area contributed by atoms with Gasteiger partial charge in [-0.05, 0) is 38.8 Å². The van der Waals surface area contributed by atoms with E-state index in [1.807, 2.05) is 31.2 Å². The summed E-state index contributed by atoms with van der Waals surface area (Å²) in [7, 11) is 0. The van der Waals surface area contributed by atoms with Gasteiger partial charge in [0.05, 0.1) is 41.3 Å². The number of aliphatic imine (C=N–C) groups is 2. The number of anilines is 2. The smallest absolute Gasteiger partial charge is 0.183 e. The van der Waals surface area contributed by atoms with Crippen molar-refractivity contribution in [1.29, 1.82) is 0 Å². The lowest BCUT2D eigenvalue weighted by Crippen LogP contribution is -2.65. The van der Waals surface area contributed by atoms with Gasteiger partial charge in [0, 0.05) is 36.9 Å². The van der Waals surface area contributed by atoms with Crippen LogP contribution in [0.3, 0.4) is 0 Å². The quantitative estimate of drug-likeness (QED) is 0.570. The van der Waals surface area contributed by atoms with Crippen LogP contribution >= 0.6 is 0 Å². The summed E-state index contributed by atoms with van der Waals surface area (Å²) in [6.45, 7) is 6.35. The molecule has 4 heterocycles. The van der Waals surface area contributed by atoms with E-state index in [0.29, 0.717) is 36.7 Å². The van der Waals surface area contributed by atoms with Gasteiger partial charge in [0.15, 0.2) is 17.5 Å². The largest absolute Gasteiger partial charge is 0.372 e. The third-order valence-corrected chi connectivity index (χ3v) is 6.39. The highest BCUT2D eigenvalue weighted by Crippen LogP contribution is 2.46. The molecule has 1 saturated heterocycles. The lowest BCUT2D eigenvalue weighted by molar-refractivity contribution is -0.0433. The minimum atomic E-state index is -0.927. The molecule has 2 aromatic rings. The summed E-state index contributed by atoms with van der Waals surface area (Å²) in [6, 6.07) is 1.45. The molecule has 8 nitrogen and oxygen atoms in total. The zero-order valence-electron chi connectivity index (χ0n) is 18.7. The highest BCUT2D eigenvalue weighted by molar-refractivity contribution is 6.01. The van der Waals surface area contributed by atoms with Crippen LogP contribution in [0.15, 0.2) is 39.7 Å². The number of nitrogens with one attached hydrogen (secondary N) is 1. The molecule has 1 N–H and O–H groups in total. The number of nitrogens with zero attached hydrogens (tertiary/aromatic N) is 6. The predicted octanol–water partition coefficient (Wildman–Crippen LogP) is 3.23. The highest BCUT2D eigenvalue weighted by atomic mass is 19.2. The van der Waals surface area contributed by atoms with Crippen LogP contribution in [0.4, 0.5) is 20.3 Å². The molecule has 3 aliphatic heterocycles. The van der Waals surface area contributed by atoms with Crippen molar-refractivity contribution < 1.29 is 13.5 Å². The van der Waals surface area contributed by atoms with Crippen molar-refractivity contribution in [2.45, 2.75) is 45.4 Å². The van der Waals surface area contributed by atoms with Gasteiger partial charge in [-0.25, -0.2) is 13.8 Å². The van der Waals surface area contributed by atoms with Gasteiger partial charge in [-0.1, -0.05) is 0 Å². The minimum Gasteiger partial charge on any atom is -0.372 e. The molecule has 0 saturated carbocycles. The summed E-state index contributed by atoms with van der Waals surface area (Å²) in [5.41, 5.74) is 3.55. The Labute approximate surface area is 190 Å². The second kappa shape index (κ2) is 8.26. The molecule has 0 unspecified atom stereocenters. The van der Waals surface area contributed by atoms with E-state index < -0.39 is 17.0 Å². The molecule has 0 amide bonds. The van der Waals surface area contributed by atoms with E-state index in [1.165, 1.54) is 18.6 Å². The lowest BCUT2D eigenvalue weighted by Gasteiger charge is -2.54. The molecule has 3 atom stereocenters. The Balaban J connectivity index is 1.60. The first-order valence-electron chi connectivity index (χ1n) is 10.9. The average molecular weight is 453 g/mol. The number of aromatic nitrogens is 2. The average Bonchev–Trinajstić information content (AvgIpc) is 2.80. The van der Waals surface area contributed by atoms with Crippen LogP contribution in [0.25, 0.3) is 0 Å². The number of benzene rings is 1. The monoisotopic (exact) mass is 453 g/mol. The fraction of sp³-hybridized carbons (Fsp3) is 0.435. The van der Waals surface area contributed by atoms with Crippen LogP contribution in [-0.2, 0) is 11.2 Å². The molecule has 0 aliphatic carbocycles. The fourth-order valence-corrected chi connectivity index (χ4v) is 5.20. The third-order valence-electron chi connectivity index (χ3n) is 6.39. The second-order valence-corrected chi connectivity index (χ2v) is 8.76. The SMILES string of the molecule is C/C(=N\Nc1cnccn1)c1cc2c(c(F)c1F)N1C[C@@H](C)O[C@@H](C)[C@@H]1C1(C=NCN=C1)C2. The van der Waals surface area contributed by atoms with Gasteiger partial charge in [-0.15, -0.1) is 0 Å². The number of hydrogen-bond donors (Lipinski definition) is 1. The van der Waals surface area contributed by atoms with Crippen molar-refractivity contribution in [3.63, 3.8) is 0 Å². The number of hydrogen-bond acceptors (Lipinski definition) is 8. The van der Waals surface area contributed by atoms with Crippen LogP contribution in [-0.4, -0.2) is 59.6 Å². The first-order chi connectivity index (χ1) is 15.9. The van der Waals surface area contributed by atoms with Gasteiger partial charge in [-0.2, -0.15) is 5.10 Å². The molecular weight excluding hydrogens is 428 g/mol. The summed E-state index contributed by atoms with van der Waals surface area (Å²) >= 11 is 0. The van der Waals surface area contributed by atoms with E-state index in [2.05, 4.69) is 30.5 Å². The molecule has 1 aromatic heterocycles. The van der Waals surface area contributed by atoms with E-state index in [1.54, 1.807) is 13.0 Å². The number of rotatable bonds is 3. The molecule has 5 rings (SSSR count). The van der Waals surface area contributed by atoms with Crippen molar-refractivity contribution in [3.05, 3.63) is 47.4 Å². The van der Waals surface area contributed by atoms with E-state index in [9.17, 15) is 0 Å². The summed E-state index contributed by atoms with van der Waals surface area (Å²) < 4.78 is 37.0. The first-order valence-corrected chi connectivity index (χ1v) is 10.9. The van der Waals surface area contributed by atoms with Crippen LogP contribution in [0.5, 0.6) is 0 Å². The number of hydrazone groups is 1. The Morgan fingerprint density at radius 1 is 1.21 bits per heavy atom. The van der Waals surface area contributed by atoms with Crippen LogP contribution < -0.4 is 10.3 Å². The summed E-state index contributed by atoms with van der Waals surface area (Å²) in [4.78, 5) is 18.8. The molecule has 1 fully saturated rings. The van der Waals surface area contributed by atoms with Crippen molar-refractivity contribution in [2.24, 2.45) is 20.5 Å². The normalized spacial score (nSPS) is 25.7. The summed E-state index contributed by atoms with van der Waals surface area (Å²) in [5, 5.41) is 4.20. The maximum atomic E-state index is 15.6. The van der Waals surface area contributed by atoms with Crippen LogP contribution in [0.1, 0.15) is 31.9 Å². The third kappa shape index (κ3) is 3.68. The van der Waals surface area contributed by atoms with Crippen molar-refractivity contribution in [2.75, 3.05) is 23.5 Å². The maximum absolute atomic E-state index is 15.6. The van der Waals surface area contributed by atoms with Crippen molar-refractivity contribution >= 4 is 29.6 Å². The molecule has 33 heavy (non-hydrogen) atoms. The second-order valence-electron chi connectivity index (χ2n) is 8.76. The maximum Gasteiger partial charge on any atom is 0.183 e. The Morgan fingerprint density at radius 2 is 2.00 bits per heavy atom. The lowest BCUT2D eigenvalue weighted by atomic mass is 9.69. The van der Waals surface area contributed by atoms with Gasteiger partial charge in [0.1, 0.15) is 6.67 Å². The number of fused-ring (bicyclic) bond motifs is 4. The van der Waals surface area contributed by atoms with E-state index >= 15 is 8.78 Å². The highest BCUT2D eigenvalue weighted by Gasteiger charge is 2.52. The zero-order chi connectivity index (χ0) is 23.2. The van der Waals surface area contributed by atoms with Gasteiger partial charge in [0.2, 0.25) is 0 Å². The Morgan fingerprint density at radius 3 is 2.73 bits per heavy atom. The standard InChI is InChI=1S/C23H25F2N7O/c1-13-9-32-21-16(7-23(10-27-12-28-11-23)22(32)15(3)33-13)6-17(19(24)20(21)25)14(2)30-31-18-8-26-4-5-29-18/h4-6,8,10-11,13,15,22H,7,9,12H2,1-3H3,(H,29,31)/b30-14+/t13-,15+,22-/m1/s1. The molecule has 0 radical (unpaired) electrons. The Bertz CT molecular complexity index is 1140. The van der Waals surface area contributed by atoms with Crippen LogP contribution in [0, 0.1) is 17.0 Å². The molecule has 1 spiro atoms. The molecule has 3 aliphatic rings. The molecule has 0 bridgehead atoms. The Kier molecular flexibility index (Phi) is 5.40. The van der Waals surface area contributed by atoms with E-state index in [-0.39, 0.29) is 29.5 Å².